The third kappa shape index (κ3) is 3.79. The third-order valence-corrected chi connectivity index (χ3v) is 4.09. The second-order valence-electron chi connectivity index (χ2n) is 3.49. The lowest BCUT2D eigenvalue weighted by Gasteiger charge is -2.06. The monoisotopic (exact) mass is 338 g/mol. The third-order valence-electron chi connectivity index (χ3n) is 1.87. The van der Waals surface area contributed by atoms with Crippen LogP contribution in [-0.2, 0) is 12.2 Å². The van der Waals surface area contributed by atoms with Gasteiger partial charge in [-0.25, -0.2) is 4.98 Å². The Hall–Kier alpha value is -0.0400. The lowest BCUT2D eigenvalue weighted by atomic mass is 10.3. The summed E-state index contributed by atoms with van der Waals surface area (Å²) in [5.74, 6) is 1.56. The number of hydrogen-bond donors (Lipinski definition) is 1. The molecule has 1 rings (SSSR count). The van der Waals surface area contributed by atoms with Crippen LogP contribution in [0.2, 0.25) is 0 Å². The summed E-state index contributed by atoms with van der Waals surface area (Å²) >= 11 is 3.83. The number of aromatic amines is 1. The lowest BCUT2D eigenvalue weighted by molar-refractivity contribution is 0.903. The maximum atomic E-state index is 11.6. The van der Waals surface area contributed by atoms with E-state index in [1.807, 2.05) is 6.92 Å². The number of thioether (sulfide) groups is 1. The second kappa shape index (κ2) is 5.89. The summed E-state index contributed by atoms with van der Waals surface area (Å²) in [5.41, 5.74) is 0.889. The Morgan fingerprint density at radius 1 is 1.53 bits per heavy atom. The number of nitrogens with zero attached hydrogens (tertiary/aromatic N) is 1. The SMILES string of the molecule is CCc1nc(CSC(C)C)[nH]c(=O)c1I. The molecule has 5 heteroatoms. The highest BCUT2D eigenvalue weighted by molar-refractivity contribution is 14.1. The first-order chi connectivity index (χ1) is 7.04. The molecule has 1 aromatic heterocycles. The Morgan fingerprint density at radius 3 is 2.73 bits per heavy atom. The fourth-order valence-corrected chi connectivity index (χ4v) is 2.37. The highest BCUT2D eigenvalue weighted by atomic mass is 127. The maximum Gasteiger partial charge on any atom is 0.264 e. The molecular formula is C10H15IN2OS. The van der Waals surface area contributed by atoms with Crippen molar-refractivity contribution in [1.82, 2.24) is 9.97 Å². The molecule has 0 fully saturated rings. The molecule has 1 heterocycles. The summed E-state index contributed by atoms with van der Waals surface area (Å²) in [5, 5.41) is 0.555. The van der Waals surface area contributed by atoms with Gasteiger partial charge in [0.1, 0.15) is 5.82 Å². The van der Waals surface area contributed by atoms with Gasteiger partial charge in [-0.2, -0.15) is 11.8 Å². The van der Waals surface area contributed by atoms with Crippen molar-refractivity contribution in [1.29, 1.82) is 0 Å². The first-order valence-electron chi connectivity index (χ1n) is 4.93. The van der Waals surface area contributed by atoms with E-state index in [0.29, 0.717) is 8.82 Å². The molecule has 0 unspecified atom stereocenters. The number of hydrogen-bond acceptors (Lipinski definition) is 3. The van der Waals surface area contributed by atoms with Gasteiger partial charge < -0.3 is 4.98 Å². The van der Waals surface area contributed by atoms with Crippen molar-refractivity contribution in [3.05, 3.63) is 25.4 Å². The van der Waals surface area contributed by atoms with Crippen LogP contribution in [0.15, 0.2) is 4.79 Å². The summed E-state index contributed by atoms with van der Waals surface area (Å²) < 4.78 is 0.716. The smallest absolute Gasteiger partial charge is 0.264 e. The van der Waals surface area contributed by atoms with Crippen molar-refractivity contribution in [2.75, 3.05) is 0 Å². The van der Waals surface area contributed by atoms with Gasteiger partial charge in [0.25, 0.3) is 5.56 Å². The Morgan fingerprint density at radius 2 is 2.20 bits per heavy atom. The molecule has 84 valence electrons. The van der Waals surface area contributed by atoms with Crippen molar-refractivity contribution >= 4 is 34.4 Å². The molecule has 0 radical (unpaired) electrons. The van der Waals surface area contributed by atoms with Gasteiger partial charge in [-0.3, -0.25) is 4.79 Å². The molecule has 1 N–H and O–H groups in total. The predicted molar refractivity (Wildman–Crippen MR) is 73.4 cm³/mol. The Balaban J connectivity index is 2.91. The van der Waals surface area contributed by atoms with Crippen LogP contribution in [0.4, 0.5) is 0 Å². The summed E-state index contributed by atoms with van der Waals surface area (Å²) in [6.07, 6.45) is 0.807. The number of halogens is 1. The molecule has 0 amide bonds. The first-order valence-corrected chi connectivity index (χ1v) is 7.06. The predicted octanol–water partition coefficient (Wildman–Crippen LogP) is 2.58. The molecule has 0 atom stereocenters. The molecule has 1 aromatic rings. The molecule has 0 saturated heterocycles. The lowest BCUT2D eigenvalue weighted by Crippen LogP contribution is -2.17. The van der Waals surface area contributed by atoms with E-state index in [1.54, 1.807) is 11.8 Å². The number of nitrogens with one attached hydrogen (secondary N) is 1. The van der Waals surface area contributed by atoms with Crippen LogP contribution < -0.4 is 5.56 Å². The van der Waals surface area contributed by atoms with Crippen molar-refractivity contribution in [3.63, 3.8) is 0 Å². The van der Waals surface area contributed by atoms with E-state index < -0.39 is 0 Å². The van der Waals surface area contributed by atoms with Gasteiger partial charge in [-0.05, 0) is 34.3 Å². The molecule has 0 aliphatic carbocycles. The first kappa shape index (κ1) is 13.0. The molecule has 0 aliphatic rings. The number of aryl methyl sites for hydroxylation is 1. The summed E-state index contributed by atoms with van der Waals surface area (Å²) in [7, 11) is 0. The number of rotatable bonds is 4. The molecule has 0 saturated carbocycles. The van der Waals surface area contributed by atoms with Crippen LogP contribution in [0.1, 0.15) is 32.3 Å². The normalized spacial score (nSPS) is 11.0. The Bertz CT molecular complexity index is 389. The van der Waals surface area contributed by atoms with E-state index in [4.69, 9.17) is 0 Å². The molecule has 0 bridgehead atoms. The molecule has 0 aromatic carbocycles. The van der Waals surface area contributed by atoms with Gasteiger partial charge in [-0.15, -0.1) is 0 Å². The standard InChI is InChI=1S/C10H15IN2OS/c1-4-7-9(11)10(14)13-8(12-7)5-15-6(2)3/h6H,4-5H2,1-3H3,(H,12,13,14). The van der Waals surface area contributed by atoms with E-state index >= 15 is 0 Å². The van der Waals surface area contributed by atoms with E-state index in [2.05, 4.69) is 46.4 Å². The van der Waals surface area contributed by atoms with Crippen LogP contribution in [0.3, 0.4) is 0 Å². The average molecular weight is 338 g/mol. The maximum absolute atomic E-state index is 11.6. The molecule has 15 heavy (non-hydrogen) atoms. The van der Waals surface area contributed by atoms with Crippen LogP contribution in [0, 0.1) is 3.57 Å². The van der Waals surface area contributed by atoms with Gasteiger partial charge in [0.15, 0.2) is 0 Å². The highest BCUT2D eigenvalue weighted by Crippen LogP contribution is 2.14. The van der Waals surface area contributed by atoms with Crippen LogP contribution >= 0.6 is 34.4 Å². The minimum Gasteiger partial charge on any atom is -0.309 e. The van der Waals surface area contributed by atoms with Crippen molar-refractivity contribution in [2.24, 2.45) is 0 Å². The van der Waals surface area contributed by atoms with Crippen LogP contribution in [0.25, 0.3) is 0 Å². The summed E-state index contributed by atoms with van der Waals surface area (Å²) in [6, 6.07) is 0. The molecule has 0 spiro atoms. The zero-order valence-corrected chi connectivity index (χ0v) is 12.1. The summed E-state index contributed by atoms with van der Waals surface area (Å²) in [4.78, 5) is 18.8. The molecule has 0 aliphatic heterocycles. The fraction of sp³-hybridized carbons (Fsp3) is 0.600. The molecular weight excluding hydrogens is 323 g/mol. The average Bonchev–Trinajstić information content (AvgIpc) is 2.19. The van der Waals surface area contributed by atoms with Gasteiger partial charge >= 0.3 is 0 Å². The van der Waals surface area contributed by atoms with E-state index in [9.17, 15) is 4.79 Å². The van der Waals surface area contributed by atoms with E-state index in [0.717, 1.165) is 23.7 Å². The van der Waals surface area contributed by atoms with Gasteiger partial charge in [0.05, 0.1) is 15.0 Å². The van der Waals surface area contributed by atoms with Gasteiger partial charge in [0.2, 0.25) is 0 Å². The minimum absolute atomic E-state index is 0.0122. The quantitative estimate of drug-likeness (QED) is 0.859. The van der Waals surface area contributed by atoms with Gasteiger partial charge in [0, 0.05) is 0 Å². The van der Waals surface area contributed by atoms with Crippen LogP contribution in [0.5, 0.6) is 0 Å². The number of aromatic nitrogens is 2. The van der Waals surface area contributed by atoms with Crippen molar-refractivity contribution in [2.45, 2.75) is 38.2 Å². The molecule has 3 nitrogen and oxygen atoms in total. The number of H-pyrrole nitrogens is 1. The summed E-state index contributed by atoms with van der Waals surface area (Å²) in [6.45, 7) is 6.29. The zero-order chi connectivity index (χ0) is 11.4. The van der Waals surface area contributed by atoms with Gasteiger partial charge in [-0.1, -0.05) is 20.8 Å². The largest absolute Gasteiger partial charge is 0.309 e. The zero-order valence-electron chi connectivity index (χ0n) is 9.13. The van der Waals surface area contributed by atoms with Crippen molar-refractivity contribution in [3.8, 4) is 0 Å². The Labute approximate surface area is 108 Å². The van der Waals surface area contributed by atoms with Crippen LogP contribution in [-0.4, -0.2) is 15.2 Å². The Kier molecular flexibility index (Phi) is 5.11. The second-order valence-corrected chi connectivity index (χ2v) is 6.13. The highest BCUT2D eigenvalue weighted by Gasteiger charge is 2.07. The minimum atomic E-state index is -0.0122. The fourth-order valence-electron chi connectivity index (χ4n) is 1.11. The van der Waals surface area contributed by atoms with E-state index in [-0.39, 0.29) is 5.56 Å². The van der Waals surface area contributed by atoms with E-state index in [1.165, 1.54) is 0 Å². The topological polar surface area (TPSA) is 45.8 Å². The van der Waals surface area contributed by atoms with Crippen molar-refractivity contribution < 1.29 is 0 Å².